The molecule has 0 radical (unpaired) electrons. The van der Waals surface area contributed by atoms with Crippen molar-refractivity contribution in [3.8, 4) is 0 Å². The molecular weight excluding hydrogens is 266 g/mol. The molecule has 116 valence electrons. The average molecular weight is 291 g/mol. The fourth-order valence-electron chi connectivity index (χ4n) is 2.99. The van der Waals surface area contributed by atoms with Crippen molar-refractivity contribution in [2.75, 3.05) is 11.4 Å². The standard InChI is InChI=1S/C16H25N3O2/c1-4-7-12-8-5-6-9-19(12)13-10-17-15(11(2)3)18-14(13)16(20)21/h10-12H,4-9H2,1-3H3,(H,20,21). The van der Waals surface area contributed by atoms with Crippen LogP contribution in [0.15, 0.2) is 6.20 Å². The lowest BCUT2D eigenvalue weighted by Gasteiger charge is -2.37. The van der Waals surface area contributed by atoms with E-state index in [0.717, 1.165) is 32.2 Å². The zero-order valence-corrected chi connectivity index (χ0v) is 13.2. The summed E-state index contributed by atoms with van der Waals surface area (Å²) in [5, 5.41) is 9.50. The fourth-order valence-corrected chi connectivity index (χ4v) is 2.99. The number of piperidine rings is 1. The predicted octanol–water partition coefficient (Wildman–Crippen LogP) is 3.46. The zero-order chi connectivity index (χ0) is 15.4. The van der Waals surface area contributed by atoms with Crippen molar-refractivity contribution in [2.45, 2.75) is 64.8 Å². The van der Waals surface area contributed by atoms with Crippen LogP contribution in [-0.2, 0) is 0 Å². The van der Waals surface area contributed by atoms with Crippen LogP contribution in [0.3, 0.4) is 0 Å². The van der Waals surface area contributed by atoms with Crippen molar-refractivity contribution in [1.82, 2.24) is 9.97 Å². The Kier molecular flexibility index (Phi) is 5.15. The maximum absolute atomic E-state index is 11.6. The Morgan fingerprint density at radius 3 is 2.86 bits per heavy atom. The van der Waals surface area contributed by atoms with E-state index in [4.69, 9.17) is 0 Å². The van der Waals surface area contributed by atoms with Gasteiger partial charge in [-0.1, -0.05) is 27.2 Å². The molecule has 0 aromatic carbocycles. The van der Waals surface area contributed by atoms with Crippen molar-refractivity contribution in [3.63, 3.8) is 0 Å². The second-order valence-electron chi connectivity index (χ2n) is 6.05. The maximum atomic E-state index is 11.6. The maximum Gasteiger partial charge on any atom is 0.356 e. The number of carboxylic acids is 1. The SMILES string of the molecule is CCCC1CCCCN1c1cnc(C(C)C)nc1C(=O)O. The second-order valence-corrected chi connectivity index (χ2v) is 6.05. The van der Waals surface area contributed by atoms with Crippen molar-refractivity contribution in [1.29, 1.82) is 0 Å². The summed E-state index contributed by atoms with van der Waals surface area (Å²) >= 11 is 0. The second kappa shape index (κ2) is 6.87. The van der Waals surface area contributed by atoms with Crippen LogP contribution in [0, 0.1) is 0 Å². The van der Waals surface area contributed by atoms with E-state index in [0.29, 0.717) is 17.6 Å². The van der Waals surface area contributed by atoms with Crippen molar-refractivity contribution in [2.24, 2.45) is 0 Å². The van der Waals surface area contributed by atoms with E-state index < -0.39 is 5.97 Å². The molecule has 1 saturated heterocycles. The van der Waals surface area contributed by atoms with Crippen LogP contribution in [0.25, 0.3) is 0 Å². The first-order valence-corrected chi connectivity index (χ1v) is 7.91. The van der Waals surface area contributed by atoms with Gasteiger partial charge in [0.15, 0.2) is 5.69 Å². The molecule has 1 atom stereocenters. The summed E-state index contributed by atoms with van der Waals surface area (Å²) in [6.07, 6.45) is 7.35. The van der Waals surface area contributed by atoms with Gasteiger partial charge in [-0.2, -0.15) is 0 Å². The van der Waals surface area contributed by atoms with E-state index in [1.165, 1.54) is 6.42 Å². The molecule has 1 aliphatic rings. The van der Waals surface area contributed by atoms with Crippen LogP contribution in [0.4, 0.5) is 5.69 Å². The minimum Gasteiger partial charge on any atom is -0.476 e. The normalized spacial score (nSPS) is 19.0. The Morgan fingerprint density at radius 1 is 1.48 bits per heavy atom. The lowest BCUT2D eigenvalue weighted by Crippen LogP contribution is -2.40. The van der Waals surface area contributed by atoms with Gasteiger partial charge in [0.05, 0.1) is 11.9 Å². The summed E-state index contributed by atoms with van der Waals surface area (Å²) in [7, 11) is 0. The van der Waals surface area contributed by atoms with Crippen LogP contribution in [0.5, 0.6) is 0 Å². The minimum atomic E-state index is -0.963. The van der Waals surface area contributed by atoms with Crippen LogP contribution in [0.2, 0.25) is 0 Å². The molecule has 0 bridgehead atoms. The Bertz CT molecular complexity index is 500. The van der Waals surface area contributed by atoms with Crippen LogP contribution in [-0.4, -0.2) is 33.6 Å². The van der Waals surface area contributed by atoms with Gasteiger partial charge in [-0.15, -0.1) is 0 Å². The fraction of sp³-hybridized carbons (Fsp3) is 0.688. The molecule has 1 aromatic rings. The number of aromatic nitrogens is 2. The predicted molar refractivity (Wildman–Crippen MR) is 83.0 cm³/mol. The molecule has 0 amide bonds. The molecule has 1 aromatic heterocycles. The Balaban J connectivity index is 2.38. The molecule has 5 nitrogen and oxygen atoms in total. The Hall–Kier alpha value is -1.65. The zero-order valence-electron chi connectivity index (χ0n) is 13.2. The highest BCUT2D eigenvalue weighted by molar-refractivity contribution is 5.92. The van der Waals surface area contributed by atoms with E-state index in [9.17, 15) is 9.90 Å². The third-order valence-electron chi connectivity index (χ3n) is 4.07. The van der Waals surface area contributed by atoms with Gasteiger partial charge < -0.3 is 10.0 Å². The molecule has 1 aliphatic heterocycles. The van der Waals surface area contributed by atoms with Gasteiger partial charge in [0, 0.05) is 18.5 Å². The summed E-state index contributed by atoms with van der Waals surface area (Å²) in [6.45, 7) is 7.02. The summed E-state index contributed by atoms with van der Waals surface area (Å²) in [4.78, 5) is 22.5. The number of anilines is 1. The molecule has 0 spiro atoms. The van der Waals surface area contributed by atoms with Crippen LogP contribution >= 0.6 is 0 Å². The topological polar surface area (TPSA) is 66.3 Å². The smallest absolute Gasteiger partial charge is 0.356 e. The number of aromatic carboxylic acids is 1. The first-order valence-electron chi connectivity index (χ1n) is 7.91. The third kappa shape index (κ3) is 3.52. The third-order valence-corrected chi connectivity index (χ3v) is 4.07. The number of rotatable bonds is 5. The van der Waals surface area contributed by atoms with E-state index in [2.05, 4.69) is 21.8 Å². The highest BCUT2D eigenvalue weighted by atomic mass is 16.4. The van der Waals surface area contributed by atoms with E-state index in [1.807, 2.05) is 13.8 Å². The highest BCUT2D eigenvalue weighted by Crippen LogP contribution is 2.29. The van der Waals surface area contributed by atoms with Gasteiger partial charge in [0.2, 0.25) is 0 Å². The lowest BCUT2D eigenvalue weighted by molar-refractivity contribution is 0.0690. The molecule has 2 rings (SSSR count). The van der Waals surface area contributed by atoms with Crippen molar-refractivity contribution in [3.05, 3.63) is 17.7 Å². The largest absolute Gasteiger partial charge is 0.476 e. The summed E-state index contributed by atoms with van der Waals surface area (Å²) in [6, 6.07) is 0.412. The van der Waals surface area contributed by atoms with Gasteiger partial charge in [-0.05, 0) is 25.7 Å². The number of carbonyl (C=O) groups is 1. The summed E-state index contributed by atoms with van der Waals surface area (Å²) in [5.41, 5.74) is 0.835. The molecule has 0 saturated carbocycles. The molecular formula is C16H25N3O2. The van der Waals surface area contributed by atoms with Gasteiger partial charge in [0.1, 0.15) is 5.82 Å². The van der Waals surface area contributed by atoms with Gasteiger partial charge in [-0.25, -0.2) is 14.8 Å². The van der Waals surface area contributed by atoms with E-state index in [-0.39, 0.29) is 11.6 Å². The first kappa shape index (κ1) is 15.7. The quantitative estimate of drug-likeness (QED) is 0.900. The number of hydrogen-bond donors (Lipinski definition) is 1. The van der Waals surface area contributed by atoms with Gasteiger partial charge in [0.25, 0.3) is 0 Å². The van der Waals surface area contributed by atoms with Crippen molar-refractivity contribution >= 4 is 11.7 Å². The van der Waals surface area contributed by atoms with Gasteiger partial charge in [-0.3, -0.25) is 0 Å². The summed E-state index contributed by atoms with van der Waals surface area (Å²) in [5.74, 6) is -0.236. The molecule has 1 unspecified atom stereocenters. The molecule has 0 aliphatic carbocycles. The molecule has 5 heteroatoms. The summed E-state index contributed by atoms with van der Waals surface area (Å²) < 4.78 is 0. The Labute approximate surface area is 126 Å². The van der Waals surface area contributed by atoms with E-state index in [1.54, 1.807) is 6.20 Å². The average Bonchev–Trinajstić information content (AvgIpc) is 2.47. The Morgan fingerprint density at radius 2 is 2.24 bits per heavy atom. The van der Waals surface area contributed by atoms with Crippen LogP contribution in [0.1, 0.15) is 75.1 Å². The van der Waals surface area contributed by atoms with Gasteiger partial charge >= 0.3 is 5.97 Å². The van der Waals surface area contributed by atoms with E-state index >= 15 is 0 Å². The van der Waals surface area contributed by atoms with Crippen LogP contribution < -0.4 is 4.90 Å². The first-order chi connectivity index (χ1) is 10.0. The molecule has 1 fully saturated rings. The van der Waals surface area contributed by atoms with Crippen molar-refractivity contribution < 1.29 is 9.90 Å². The minimum absolute atomic E-state index is 0.130. The number of nitrogens with zero attached hydrogens (tertiary/aromatic N) is 3. The monoisotopic (exact) mass is 291 g/mol. The lowest BCUT2D eigenvalue weighted by atomic mass is 9.97. The molecule has 1 N–H and O–H groups in total. The number of carboxylic acid groups (broad SMARTS) is 1. The molecule has 2 heterocycles. The molecule has 21 heavy (non-hydrogen) atoms. The number of hydrogen-bond acceptors (Lipinski definition) is 4. The highest BCUT2D eigenvalue weighted by Gasteiger charge is 2.27.